The van der Waals surface area contributed by atoms with E-state index in [9.17, 15) is 19.5 Å². The fraction of sp³-hybridized carbons (Fsp3) is 0.308. The van der Waals surface area contributed by atoms with E-state index in [2.05, 4.69) is 9.88 Å². The molecule has 272 valence electrons. The molecular formula is C39H40N2O11. The summed E-state index contributed by atoms with van der Waals surface area (Å²) in [5, 5.41) is 11.8. The lowest BCUT2D eigenvalue weighted by atomic mass is 9.87. The van der Waals surface area contributed by atoms with Crippen LogP contribution >= 0.6 is 0 Å². The van der Waals surface area contributed by atoms with Gasteiger partial charge in [0.25, 0.3) is 5.56 Å². The summed E-state index contributed by atoms with van der Waals surface area (Å²) >= 11 is 0. The van der Waals surface area contributed by atoms with Gasteiger partial charge in [-0.15, -0.1) is 0 Å². The van der Waals surface area contributed by atoms with Crippen molar-refractivity contribution < 1.29 is 42.7 Å². The highest BCUT2D eigenvalue weighted by atomic mass is 16.5. The van der Waals surface area contributed by atoms with Gasteiger partial charge in [-0.25, -0.2) is 0 Å². The molecular weight excluding hydrogens is 672 g/mol. The van der Waals surface area contributed by atoms with Gasteiger partial charge in [0.1, 0.15) is 5.76 Å². The molecule has 0 saturated carbocycles. The van der Waals surface area contributed by atoms with Crippen LogP contribution in [0.1, 0.15) is 52.2 Å². The minimum Gasteiger partial charge on any atom is -0.502 e. The van der Waals surface area contributed by atoms with Gasteiger partial charge in [-0.05, 0) is 64.9 Å². The molecule has 0 bridgehead atoms. The Morgan fingerprint density at radius 2 is 1.56 bits per heavy atom. The average Bonchev–Trinajstić information content (AvgIpc) is 3.16. The second-order valence-corrected chi connectivity index (χ2v) is 12.3. The number of aromatic hydroxyl groups is 1. The zero-order valence-corrected chi connectivity index (χ0v) is 29.7. The van der Waals surface area contributed by atoms with Gasteiger partial charge in [0, 0.05) is 23.7 Å². The largest absolute Gasteiger partial charge is 0.502 e. The van der Waals surface area contributed by atoms with E-state index in [1.165, 1.54) is 20.3 Å². The molecule has 5 aromatic rings. The van der Waals surface area contributed by atoms with Gasteiger partial charge in [0.2, 0.25) is 16.9 Å². The molecule has 2 aromatic heterocycles. The first-order chi connectivity index (χ1) is 25.1. The molecule has 0 radical (unpaired) electrons. The predicted octanol–water partition coefficient (Wildman–Crippen LogP) is 5.07. The van der Waals surface area contributed by atoms with Gasteiger partial charge in [-0.3, -0.25) is 19.3 Å². The first-order valence-electron chi connectivity index (χ1n) is 16.5. The molecule has 3 aromatic carbocycles. The summed E-state index contributed by atoms with van der Waals surface area (Å²) in [4.78, 5) is 44.5. The second-order valence-electron chi connectivity index (χ2n) is 12.3. The van der Waals surface area contributed by atoms with E-state index < -0.39 is 34.7 Å². The van der Waals surface area contributed by atoms with E-state index in [-0.39, 0.29) is 30.0 Å². The van der Waals surface area contributed by atoms with E-state index in [1.807, 2.05) is 30.3 Å². The Balaban J connectivity index is 1.50. The lowest BCUT2D eigenvalue weighted by molar-refractivity contribution is -0.140. The summed E-state index contributed by atoms with van der Waals surface area (Å²) in [7, 11) is 8.98. The highest BCUT2D eigenvalue weighted by Crippen LogP contribution is 2.46. The normalized spacial score (nSPS) is 14.7. The summed E-state index contributed by atoms with van der Waals surface area (Å²) in [6.45, 7) is 0.607. The molecule has 2 N–H and O–H groups in total. The van der Waals surface area contributed by atoms with Crippen molar-refractivity contribution in [3.63, 3.8) is 0 Å². The number of fused-ring (bicyclic) bond motifs is 2. The van der Waals surface area contributed by atoms with Crippen molar-refractivity contribution in [2.45, 2.75) is 31.3 Å². The third-order valence-corrected chi connectivity index (χ3v) is 9.41. The number of esters is 1. The Bertz CT molecular complexity index is 2220. The topological polar surface area (TPSA) is 159 Å². The molecule has 6 rings (SSSR count). The van der Waals surface area contributed by atoms with Crippen LogP contribution in [0.5, 0.6) is 34.5 Å². The number of hydrogen-bond acceptors (Lipinski definition) is 12. The smallest absolute Gasteiger partial charge is 0.306 e. The highest BCUT2D eigenvalue weighted by Gasteiger charge is 2.34. The van der Waals surface area contributed by atoms with E-state index in [4.69, 9.17) is 32.8 Å². The molecule has 52 heavy (non-hydrogen) atoms. The van der Waals surface area contributed by atoms with Crippen LogP contribution < -0.4 is 34.7 Å². The van der Waals surface area contributed by atoms with Crippen molar-refractivity contribution >= 4 is 16.9 Å². The maximum atomic E-state index is 13.4. The number of aromatic nitrogens is 1. The van der Waals surface area contributed by atoms with Crippen molar-refractivity contribution in [3.05, 3.63) is 115 Å². The molecule has 0 aliphatic carbocycles. The van der Waals surface area contributed by atoms with Crippen LogP contribution in [0.3, 0.4) is 0 Å². The van der Waals surface area contributed by atoms with Gasteiger partial charge in [-0.2, -0.15) is 0 Å². The molecule has 3 heterocycles. The van der Waals surface area contributed by atoms with Crippen LogP contribution in [0.25, 0.3) is 10.9 Å². The summed E-state index contributed by atoms with van der Waals surface area (Å²) < 4.78 is 39.6. The van der Waals surface area contributed by atoms with E-state index in [1.54, 1.807) is 52.7 Å². The Morgan fingerprint density at radius 3 is 2.21 bits per heavy atom. The zero-order valence-electron chi connectivity index (χ0n) is 29.7. The first-order valence-corrected chi connectivity index (χ1v) is 16.5. The molecule has 0 unspecified atom stereocenters. The van der Waals surface area contributed by atoms with Crippen LogP contribution in [0.2, 0.25) is 0 Å². The Labute approximate surface area is 299 Å². The lowest BCUT2D eigenvalue weighted by Crippen LogP contribution is -2.36. The number of carbonyl (C=O) groups excluding carboxylic acids is 1. The van der Waals surface area contributed by atoms with Crippen LogP contribution in [0.4, 0.5) is 0 Å². The van der Waals surface area contributed by atoms with Crippen molar-refractivity contribution in [1.82, 2.24) is 9.88 Å². The molecule has 0 spiro atoms. The number of aromatic amines is 1. The minimum absolute atomic E-state index is 0.0939. The van der Waals surface area contributed by atoms with Crippen LogP contribution in [-0.2, 0) is 22.5 Å². The number of methoxy groups -OCH3 is 6. The van der Waals surface area contributed by atoms with Gasteiger partial charge in [0.15, 0.2) is 28.8 Å². The molecule has 1 aliphatic heterocycles. The summed E-state index contributed by atoms with van der Waals surface area (Å²) in [5.41, 5.74) is 2.21. The monoisotopic (exact) mass is 712 g/mol. The van der Waals surface area contributed by atoms with Crippen LogP contribution in [-0.4, -0.2) is 70.2 Å². The van der Waals surface area contributed by atoms with Crippen molar-refractivity contribution in [2.24, 2.45) is 0 Å². The summed E-state index contributed by atoms with van der Waals surface area (Å²) in [6.07, 6.45) is 0.244. The van der Waals surface area contributed by atoms with Gasteiger partial charge in [-0.1, -0.05) is 18.2 Å². The Morgan fingerprint density at radius 1 is 0.885 bits per heavy atom. The van der Waals surface area contributed by atoms with Crippen molar-refractivity contribution in [2.75, 3.05) is 49.2 Å². The second kappa shape index (κ2) is 15.1. The lowest BCUT2D eigenvalue weighted by Gasteiger charge is -2.38. The van der Waals surface area contributed by atoms with Crippen LogP contribution in [0, 0.1) is 0 Å². The third-order valence-electron chi connectivity index (χ3n) is 9.41. The number of hydrogen-bond donors (Lipinski definition) is 2. The first kappa shape index (κ1) is 35.9. The quantitative estimate of drug-likeness (QED) is 0.166. The number of para-hydroxylation sites is 1. The molecule has 2 atom stereocenters. The molecule has 0 amide bonds. The van der Waals surface area contributed by atoms with E-state index >= 15 is 0 Å². The number of carbonyl (C=O) groups is 1. The van der Waals surface area contributed by atoms with Gasteiger partial charge in [0.05, 0.1) is 67.6 Å². The number of rotatable bonds is 12. The maximum absolute atomic E-state index is 13.4. The molecule has 0 saturated heterocycles. The zero-order chi connectivity index (χ0) is 37.1. The standard InChI is InChI=1S/C39H40N2O11/c1-46-30-14-21-11-12-41(35(25(21)18-31(30)47-2)23-15-32(48-3)38(51-6)33(16-23)49-4)20-24-17-29(42)36(44)37(52-24)26(19-34(43)50-5)27-13-22-9-7-8-10-28(22)40-39(27)45/h7-10,13-18,26,35,44H,11-12,19-20H2,1-6H3,(H,40,45)/t26-,35-/m0/s1. The van der Waals surface area contributed by atoms with Crippen molar-refractivity contribution in [3.8, 4) is 34.5 Å². The van der Waals surface area contributed by atoms with Crippen LogP contribution in [0.15, 0.2) is 74.7 Å². The van der Waals surface area contributed by atoms with Crippen molar-refractivity contribution in [1.29, 1.82) is 0 Å². The number of nitrogens with zero attached hydrogens (tertiary/aromatic N) is 1. The maximum Gasteiger partial charge on any atom is 0.306 e. The number of pyridine rings is 1. The van der Waals surface area contributed by atoms with Gasteiger partial charge >= 0.3 is 5.97 Å². The predicted molar refractivity (Wildman–Crippen MR) is 191 cm³/mol. The molecule has 13 nitrogen and oxygen atoms in total. The molecule has 1 aliphatic rings. The minimum atomic E-state index is -1.14. The Hall–Kier alpha value is -5.95. The number of nitrogens with one attached hydrogen (secondary N) is 1. The summed E-state index contributed by atoms with van der Waals surface area (Å²) in [5.74, 6) is -0.0672. The highest BCUT2D eigenvalue weighted by molar-refractivity contribution is 5.79. The summed E-state index contributed by atoms with van der Waals surface area (Å²) in [6, 6.07) is 17.1. The number of H-pyrrole nitrogens is 1. The fourth-order valence-corrected chi connectivity index (χ4v) is 6.90. The SMILES string of the molecule is COC(=O)C[C@H](c1oc(CN2CCc3cc(OC)c(OC)cc3[C@@H]2c2cc(OC)c(OC)c(OC)c2)cc(=O)c1O)c1cc2ccccc2[nH]c1=O. The number of ether oxygens (including phenoxy) is 6. The average molecular weight is 713 g/mol. The van der Waals surface area contributed by atoms with Gasteiger partial charge < -0.3 is 42.9 Å². The fourth-order valence-electron chi connectivity index (χ4n) is 6.90. The number of benzene rings is 3. The molecule has 0 fully saturated rings. The third kappa shape index (κ3) is 6.74. The Kier molecular flexibility index (Phi) is 10.4. The van der Waals surface area contributed by atoms with E-state index in [0.29, 0.717) is 52.6 Å². The molecule has 13 heteroatoms. The van der Waals surface area contributed by atoms with E-state index in [0.717, 1.165) is 16.7 Å².